The van der Waals surface area contributed by atoms with Crippen molar-refractivity contribution in [2.75, 3.05) is 12.3 Å². The van der Waals surface area contributed by atoms with Crippen LogP contribution in [-0.4, -0.2) is 18.2 Å². The Morgan fingerprint density at radius 1 is 1.19 bits per heavy atom. The van der Waals surface area contributed by atoms with E-state index in [1.54, 1.807) is 0 Å². The van der Waals surface area contributed by atoms with Crippen molar-refractivity contribution >= 4 is 45.2 Å². The van der Waals surface area contributed by atoms with Gasteiger partial charge in [-0.05, 0) is 48.4 Å². The molecular formula is C16H15BrClNOS. The Labute approximate surface area is 142 Å². The number of rotatable bonds is 6. The van der Waals surface area contributed by atoms with Crippen LogP contribution in [-0.2, 0) is 11.2 Å². The average molecular weight is 385 g/mol. The summed E-state index contributed by atoms with van der Waals surface area (Å²) in [5, 5.41) is 3.65. The SMILES string of the molecule is O=C(CSc1ccc(Br)cc1)NCCc1cccc(Cl)c1. The van der Waals surface area contributed by atoms with Crippen molar-refractivity contribution < 1.29 is 4.79 Å². The van der Waals surface area contributed by atoms with Crippen LogP contribution in [0.5, 0.6) is 0 Å². The van der Waals surface area contributed by atoms with Crippen molar-refractivity contribution in [3.05, 3.63) is 63.6 Å². The minimum absolute atomic E-state index is 0.0462. The average Bonchev–Trinajstić information content (AvgIpc) is 2.47. The van der Waals surface area contributed by atoms with Gasteiger partial charge in [-0.2, -0.15) is 0 Å². The van der Waals surface area contributed by atoms with Crippen LogP contribution in [0, 0.1) is 0 Å². The van der Waals surface area contributed by atoms with Crippen LogP contribution in [0.15, 0.2) is 57.9 Å². The molecule has 2 aromatic carbocycles. The monoisotopic (exact) mass is 383 g/mol. The number of hydrogen-bond acceptors (Lipinski definition) is 2. The lowest BCUT2D eigenvalue weighted by molar-refractivity contribution is -0.118. The summed E-state index contributed by atoms with van der Waals surface area (Å²) in [6.45, 7) is 0.625. The summed E-state index contributed by atoms with van der Waals surface area (Å²) in [4.78, 5) is 12.9. The molecule has 2 aromatic rings. The van der Waals surface area contributed by atoms with Crippen molar-refractivity contribution in [1.82, 2.24) is 5.32 Å². The molecule has 0 spiro atoms. The lowest BCUT2D eigenvalue weighted by Crippen LogP contribution is -2.27. The van der Waals surface area contributed by atoms with E-state index in [4.69, 9.17) is 11.6 Å². The van der Waals surface area contributed by atoms with Gasteiger partial charge in [0.25, 0.3) is 0 Å². The molecule has 0 aliphatic rings. The fourth-order valence-corrected chi connectivity index (χ4v) is 2.98. The van der Waals surface area contributed by atoms with E-state index in [2.05, 4.69) is 21.2 Å². The number of thioether (sulfide) groups is 1. The van der Waals surface area contributed by atoms with E-state index in [1.807, 2.05) is 48.5 Å². The third kappa shape index (κ3) is 6.12. The summed E-state index contributed by atoms with van der Waals surface area (Å²) in [6.07, 6.45) is 0.787. The zero-order chi connectivity index (χ0) is 15.1. The lowest BCUT2D eigenvalue weighted by atomic mass is 10.1. The minimum atomic E-state index is 0.0462. The van der Waals surface area contributed by atoms with E-state index < -0.39 is 0 Å². The van der Waals surface area contributed by atoms with Crippen LogP contribution in [0.4, 0.5) is 0 Å². The van der Waals surface area contributed by atoms with Crippen molar-refractivity contribution in [2.45, 2.75) is 11.3 Å². The summed E-state index contributed by atoms with van der Waals surface area (Å²) in [5.74, 6) is 0.474. The van der Waals surface area contributed by atoms with Crippen molar-refractivity contribution in [3.8, 4) is 0 Å². The van der Waals surface area contributed by atoms with E-state index in [1.165, 1.54) is 11.8 Å². The van der Waals surface area contributed by atoms with E-state index >= 15 is 0 Å². The summed E-state index contributed by atoms with van der Waals surface area (Å²) >= 11 is 10.8. The molecule has 0 saturated carbocycles. The highest BCUT2D eigenvalue weighted by Gasteiger charge is 2.03. The normalized spacial score (nSPS) is 10.4. The van der Waals surface area contributed by atoms with Gasteiger partial charge in [0.15, 0.2) is 0 Å². The van der Waals surface area contributed by atoms with Gasteiger partial charge in [0.2, 0.25) is 5.91 Å². The first-order chi connectivity index (χ1) is 10.1. The Morgan fingerprint density at radius 2 is 1.95 bits per heavy atom. The summed E-state index contributed by atoms with van der Waals surface area (Å²) < 4.78 is 1.04. The first kappa shape index (κ1) is 16.4. The van der Waals surface area contributed by atoms with Crippen LogP contribution in [0.1, 0.15) is 5.56 Å². The predicted molar refractivity (Wildman–Crippen MR) is 93.0 cm³/mol. The van der Waals surface area contributed by atoms with E-state index in [0.29, 0.717) is 12.3 Å². The molecule has 0 fully saturated rings. The Hall–Kier alpha value is -0.970. The van der Waals surface area contributed by atoms with Gasteiger partial charge < -0.3 is 5.32 Å². The van der Waals surface area contributed by atoms with E-state index in [-0.39, 0.29) is 5.91 Å². The number of halogens is 2. The molecule has 0 heterocycles. The van der Waals surface area contributed by atoms with Gasteiger partial charge in [-0.25, -0.2) is 0 Å². The van der Waals surface area contributed by atoms with Crippen molar-refractivity contribution in [2.24, 2.45) is 0 Å². The summed E-state index contributed by atoms with van der Waals surface area (Å²) in [7, 11) is 0. The Kier molecular flexibility index (Phi) is 6.61. The Bertz CT molecular complexity index is 603. The van der Waals surface area contributed by atoms with Crippen molar-refractivity contribution in [1.29, 1.82) is 0 Å². The lowest BCUT2D eigenvalue weighted by Gasteiger charge is -2.06. The second-order valence-electron chi connectivity index (χ2n) is 4.47. The van der Waals surface area contributed by atoms with Crippen LogP contribution in [0.25, 0.3) is 0 Å². The standard InChI is InChI=1S/C16H15BrClNOS/c17-13-4-6-15(7-5-13)21-11-16(20)19-9-8-12-2-1-3-14(18)10-12/h1-7,10H,8-9,11H2,(H,19,20). The Morgan fingerprint density at radius 3 is 2.67 bits per heavy atom. The first-order valence-corrected chi connectivity index (χ1v) is 8.68. The molecule has 5 heteroatoms. The molecule has 2 nitrogen and oxygen atoms in total. The molecular weight excluding hydrogens is 370 g/mol. The summed E-state index contributed by atoms with van der Waals surface area (Å²) in [5.41, 5.74) is 1.13. The van der Waals surface area contributed by atoms with Gasteiger partial charge >= 0.3 is 0 Å². The topological polar surface area (TPSA) is 29.1 Å². The molecule has 21 heavy (non-hydrogen) atoms. The van der Waals surface area contributed by atoms with Gasteiger partial charge in [0, 0.05) is 20.9 Å². The van der Waals surface area contributed by atoms with Gasteiger partial charge in [0.05, 0.1) is 5.75 Å². The van der Waals surface area contributed by atoms with E-state index in [0.717, 1.165) is 26.4 Å². The number of amides is 1. The molecule has 0 bridgehead atoms. The van der Waals surface area contributed by atoms with Gasteiger partial charge in [-0.3, -0.25) is 4.79 Å². The third-order valence-corrected chi connectivity index (χ3v) is 4.58. The maximum atomic E-state index is 11.8. The molecule has 0 aromatic heterocycles. The maximum Gasteiger partial charge on any atom is 0.230 e. The highest BCUT2D eigenvalue weighted by molar-refractivity contribution is 9.10. The number of benzene rings is 2. The molecule has 0 atom stereocenters. The predicted octanol–water partition coefficient (Wildman–Crippen LogP) is 4.55. The second-order valence-corrected chi connectivity index (χ2v) is 6.87. The molecule has 0 unspecified atom stereocenters. The quantitative estimate of drug-likeness (QED) is 0.740. The van der Waals surface area contributed by atoms with E-state index in [9.17, 15) is 4.79 Å². The van der Waals surface area contributed by atoms with Crippen LogP contribution < -0.4 is 5.32 Å². The number of carbonyl (C=O) groups is 1. The number of carbonyl (C=O) groups excluding carboxylic acids is 1. The zero-order valence-electron chi connectivity index (χ0n) is 11.3. The molecule has 2 rings (SSSR count). The highest BCUT2D eigenvalue weighted by atomic mass is 79.9. The number of hydrogen-bond donors (Lipinski definition) is 1. The maximum absolute atomic E-state index is 11.8. The molecule has 110 valence electrons. The minimum Gasteiger partial charge on any atom is -0.355 e. The fraction of sp³-hybridized carbons (Fsp3) is 0.188. The molecule has 0 aliphatic carbocycles. The first-order valence-electron chi connectivity index (χ1n) is 6.53. The Balaban J connectivity index is 1.69. The van der Waals surface area contributed by atoms with Crippen LogP contribution in [0.2, 0.25) is 5.02 Å². The van der Waals surface area contributed by atoms with Crippen molar-refractivity contribution in [3.63, 3.8) is 0 Å². The largest absolute Gasteiger partial charge is 0.355 e. The highest BCUT2D eigenvalue weighted by Crippen LogP contribution is 2.20. The molecule has 0 radical (unpaired) electrons. The molecule has 1 amide bonds. The smallest absolute Gasteiger partial charge is 0.230 e. The van der Waals surface area contributed by atoms with Gasteiger partial charge in [-0.15, -0.1) is 11.8 Å². The van der Waals surface area contributed by atoms with Gasteiger partial charge in [0.1, 0.15) is 0 Å². The van der Waals surface area contributed by atoms with Crippen LogP contribution >= 0.6 is 39.3 Å². The zero-order valence-corrected chi connectivity index (χ0v) is 14.5. The molecule has 0 saturated heterocycles. The van der Waals surface area contributed by atoms with Crippen LogP contribution in [0.3, 0.4) is 0 Å². The summed E-state index contributed by atoms with van der Waals surface area (Å²) in [6, 6.07) is 15.6. The third-order valence-electron chi connectivity index (χ3n) is 2.81. The fourth-order valence-electron chi connectivity index (χ4n) is 1.77. The molecule has 1 N–H and O–H groups in total. The molecule has 0 aliphatic heterocycles. The second kappa shape index (κ2) is 8.47. The van der Waals surface area contributed by atoms with Gasteiger partial charge in [-0.1, -0.05) is 39.7 Å². The number of nitrogens with one attached hydrogen (secondary N) is 1.